The third kappa shape index (κ3) is 3.98. The van der Waals surface area contributed by atoms with E-state index in [1.165, 1.54) is 18.3 Å². The van der Waals surface area contributed by atoms with Gasteiger partial charge in [0.2, 0.25) is 0 Å². The molecular weight excluding hydrogens is 283 g/mol. The van der Waals surface area contributed by atoms with Gasteiger partial charge in [-0.25, -0.2) is 9.37 Å². The largest absolute Gasteiger partial charge is 0.483 e. The van der Waals surface area contributed by atoms with E-state index in [0.29, 0.717) is 11.1 Å². The van der Waals surface area contributed by atoms with Gasteiger partial charge < -0.3 is 10.1 Å². The second-order valence-corrected chi connectivity index (χ2v) is 4.36. The molecule has 1 heterocycles. The zero-order valence-electron chi connectivity index (χ0n) is 11.5. The third-order valence-electron chi connectivity index (χ3n) is 2.89. The van der Waals surface area contributed by atoms with E-state index in [1.807, 2.05) is 6.92 Å². The lowest BCUT2D eigenvalue weighted by Crippen LogP contribution is -2.12. The van der Waals surface area contributed by atoms with Crippen molar-refractivity contribution in [3.05, 3.63) is 47.8 Å². The second-order valence-electron chi connectivity index (χ2n) is 4.36. The SMILES string of the molecule is CCNCc1ccc(OCc2nccn2C(F)F)c(F)c1. The number of benzene rings is 1. The zero-order valence-corrected chi connectivity index (χ0v) is 11.5. The average molecular weight is 299 g/mol. The van der Waals surface area contributed by atoms with Crippen LogP contribution in [0.25, 0.3) is 0 Å². The number of nitrogens with zero attached hydrogens (tertiary/aromatic N) is 2. The molecule has 0 bridgehead atoms. The number of imidazole rings is 1. The molecule has 7 heteroatoms. The summed E-state index contributed by atoms with van der Waals surface area (Å²) in [4.78, 5) is 3.77. The Hall–Kier alpha value is -2.02. The number of halogens is 3. The molecule has 0 aliphatic carbocycles. The Balaban J connectivity index is 2.01. The van der Waals surface area contributed by atoms with Gasteiger partial charge in [0.25, 0.3) is 0 Å². The fourth-order valence-electron chi connectivity index (χ4n) is 1.82. The van der Waals surface area contributed by atoms with Gasteiger partial charge in [-0.1, -0.05) is 13.0 Å². The number of rotatable bonds is 7. The Morgan fingerprint density at radius 2 is 2.19 bits per heavy atom. The number of nitrogens with one attached hydrogen (secondary N) is 1. The summed E-state index contributed by atoms with van der Waals surface area (Å²) < 4.78 is 45.0. The van der Waals surface area contributed by atoms with E-state index >= 15 is 0 Å². The highest BCUT2D eigenvalue weighted by Crippen LogP contribution is 2.20. The van der Waals surface area contributed by atoms with Gasteiger partial charge >= 0.3 is 6.55 Å². The van der Waals surface area contributed by atoms with Gasteiger partial charge in [-0.05, 0) is 24.2 Å². The van der Waals surface area contributed by atoms with Crippen LogP contribution in [0, 0.1) is 5.82 Å². The molecule has 0 unspecified atom stereocenters. The Morgan fingerprint density at radius 3 is 2.86 bits per heavy atom. The third-order valence-corrected chi connectivity index (χ3v) is 2.89. The molecular formula is C14H16F3N3O. The monoisotopic (exact) mass is 299 g/mol. The quantitative estimate of drug-likeness (QED) is 0.854. The van der Waals surface area contributed by atoms with E-state index in [4.69, 9.17) is 4.74 Å². The number of hydrogen-bond acceptors (Lipinski definition) is 3. The van der Waals surface area contributed by atoms with Crippen molar-refractivity contribution >= 4 is 0 Å². The normalized spacial score (nSPS) is 11.1. The van der Waals surface area contributed by atoms with Crippen molar-refractivity contribution < 1.29 is 17.9 Å². The van der Waals surface area contributed by atoms with Crippen molar-refractivity contribution in [1.29, 1.82) is 0 Å². The van der Waals surface area contributed by atoms with Crippen LogP contribution in [-0.4, -0.2) is 16.1 Å². The van der Waals surface area contributed by atoms with Crippen LogP contribution in [0.15, 0.2) is 30.6 Å². The van der Waals surface area contributed by atoms with E-state index in [-0.39, 0.29) is 18.2 Å². The summed E-state index contributed by atoms with van der Waals surface area (Å²) in [6.07, 6.45) is 2.40. The van der Waals surface area contributed by atoms with Crippen molar-refractivity contribution in [2.75, 3.05) is 6.54 Å². The molecule has 0 aliphatic heterocycles. The van der Waals surface area contributed by atoms with Gasteiger partial charge in [-0.3, -0.25) is 4.57 Å². The highest BCUT2D eigenvalue weighted by atomic mass is 19.3. The average Bonchev–Trinajstić information content (AvgIpc) is 2.92. The first-order valence-corrected chi connectivity index (χ1v) is 6.53. The number of ether oxygens (including phenoxy) is 1. The minimum absolute atomic E-state index is 0.0130. The van der Waals surface area contributed by atoms with Crippen LogP contribution < -0.4 is 10.1 Å². The molecule has 0 radical (unpaired) electrons. The van der Waals surface area contributed by atoms with Crippen molar-refractivity contribution in [3.8, 4) is 5.75 Å². The zero-order chi connectivity index (χ0) is 15.2. The highest BCUT2D eigenvalue weighted by molar-refractivity contribution is 5.29. The van der Waals surface area contributed by atoms with Gasteiger partial charge in [-0.2, -0.15) is 8.78 Å². The van der Waals surface area contributed by atoms with E-state index in [0.717, 1.165) is 18.3 Å². The molecule has 114 valence electrons. The predicted molar refractivity (Wildman–Crippen MR) is 71.6 cm³/mol. The Bertz CT molecular complexity index is 587. The Kier molecular flexibility index (Phi) is 5.21. The fourth-order valence-corrected chi connectivity index (χ4v) is 1.82. The lowest BCUT2D eigenvalue weighted by molar-refractivity contribution is 0.0631. The maximum Gasteiger partial charge on any atom is 0.320 e. The topological polar surface area (TPSA) is 39.1 Å². The predicted octanol–water partition coefficient (Wildman–Crippen LogP) is 3.11. The second kappa shape index (κ2) is 7.12. The summed E-state index contributed by atoms with van der Waals surface area (Å²) in [5.41, 5.74) is 0.788. The smallest absolute Gasteiger partial charge is 0.320 e. The number of hydrogen-bond donors (Lipinski definition) is 1. The van der Waals surface area contributed by atoms with Crippen molar-refractivity contribution in [2.24, 2.45) is 0 Å². The molecule has 4 nitrogen and oxygen atoms in total. The van der Waals surface area contributed by atoms with Crippen LogP contribution in [0.1, 0.15) is 24.9 Å². The molecule has 2 rings (SSSR count). The highest BCUT2D eigenvalue weighted by Gasteiger charge is 2.13. The van der Waals surface area contributed by atoms with E-state index in [9.17, 15) is 13.2 Å². The standard InChI is InChI=1S/C14H16F3N3O/c1-2-18-8-10-3-4-12(11(15)7-10)21-9-13-19-5-6-20(13)14(16)17/h3-7,14,18H,2,8-9H2,1H3. The van der Waals surface area contributed by atoms with Crippen molar-refractivity contribution in [1.82, 2.24) is 14.9 Å². The van der Waals surface area contributed by atoms with Crippen LogP contribution in [0.2, 0.25) is 0 Å². The Labute approximate surface area is 120 Å². The first-order chi connectivity index (χ1) is 10.1. The van der Waals surface area contributed by atoms with E-state index in [2.05, 4.69) is 10.3 Å². The van der Waals surface area contributed by atoms with Crippen LogP contribution in [0.3, 0.4) is 0 Å². The summed E-state index contributed by atoms with van der Waals surface area (Å²) in [7, 11) is 0. The summed E-state index contributed by atoms with van der Waals surface area (Å²) in [5, 5.41) is 3.08. The van der Waals surface area contributed by atoms with Crippen LogP contribution in [0.5, 0.6) is 5.75 Å². The van der Waals surface area contributed by atoms with Gasteiger partial charge in [0.1, 0.15) is 6.61 Å². The summed E-state index contributed by atoms with van der Waals surface area (Å²) in [6.45, 7) is 0.387. The van der Waals surface area contributed by atoms with Crippen LogP contribution in [-0.2, 0) is 13.2 Å². The molecule has 0 amide bonds. The molecule has 1 aromatic carbocycles. The Morgan fingerprint density at radius 1 is 1.38 bits per heavy atom. The van der Waals surface area contributed by atoms with Gasteiger partial charge in [0.15, 0.2) is 17.4 Å². The molecule has 0 atom stereocenters. The maximum atomic E-state index is 13.8. The van der Waals surface area contributed by atoms with Gasteiger partial charge in [-0.15, -0.1) is 0 Å². The molecule has 21 heavy (non-hydrogen) atoms. The fraction of sp³-hybridized carbons (Fsp3) is 0.357. The van der Waals surface area contributed by atoms with Crippen molar-refractivity contribution in [3.63, 3.8) is 0 Å². The summed E-state index contributed by atoms with van der Waals surface area (Å²) in [5.74, 6) is -0.472. The summed E-state index contributed by atoms with van der Waals surface area (Å²) >= 11 is 0. The first-order valence-electron chi connectivity index (χ1n) is 6.53. The lowest BCUT2D eigenvalue weighted by atomic mass is 10.2. The molecule has 0 aliphatic rings. The maximum absolute atomic E-state index is 13.8. The minimum Gasteiger partial charge on any atom is -0.483 e. The molecule has 0 saturated carbocycles. The van der Waals surface area contributed by atoms with Gasteiger partial charge in [0.05, 0.1) is 0 Å². The molecule has 1 N–H and O–H groups in total. The first kappa shape index (κ1) is 15.4. The van der Waals surface area contributed by atoms with Gasteiger partial charge in [0, 0.05) is 18.9 Å². The molecule has 2 aromatic rings. The van der Waals surface area contributed by atoms with Crippen LogP contribution in [0.4, 0.5) is 13.2 Å². The van der Waals surface area contributed by atoms with E-state index in [1.54, 1.807) is 6.07 Å². The van der Waals surface area contributed by atoms with Crippen molar-refractivity contribution in [2.45, 2.75) is 26.6 Å². The number of aromatic nitrogens is 2. The van der Waals surface area contributed by atoms with E-state index < -0.39 is 12.4 Å². The molecule has 0 spiro atoms. The summed E-state index contributed by atoms with van der Waals surface area (Å²) in [6, 6.07) is 4.57. The van der Waals surface area contributed by atoms with Crippen LogP contribution >= 0.6 is 0 Å². The molecule has 0 fully saturated rings. The molecule has 1 aromatic heterocycles. The lowest BCUT2D eigenvalue weighted by Gasteiger charge is -2.10. The number of alkyl halides is 2. The molecule has 0 saturated heterocycles. The minimum atomic E-state index is -2.70.